The van der Waals surface area contributed by atoms with Crippen LogP contribution in [0.1, 0.15) is 13.3 Å². The fourth-order valence-electron chi connectivity index (χ4n) is 3.53. The smallest absolute Gasteiger partial charge is 0.332 e. The maximum absolute atomic E-state index is 11.9. The summed E-state index contributed by atoms with van der Waals surface area (Å²) in [6.45, 7) is 6.83. The molecular formula is C23H35N5O6. The van der Waals surface area contributed by atoms with Crippen molar-refractivity contribution in [2.45, 2.75) is 19.4 Å². The average Bonchev–Trinajstić information content (AvgIpc) is 2.84. The first kappa shape index (κ1) is 26.9. The minimum Gasteiger partial charge on any atom is -0.495 e. The van der Waals surface area contributed by atoms with Gasteiger partial charge in [-0.2, -0.15) is 0 Å². The van der Waals surface area contributed by atoms with Gasteiger partial charge in [-0.05, 0) is 32.0 Å². The molecule has 1 aromatic carbocycles. The molecule has 2 heterocycles. The van der Waals surface area contributed by atoms with Crippen molar-refractivity contribution in [3.8, 4) is 5.75 Å². The fraction of sp³-hybridized carbons (Fsp3) is 0.522. The van der Waals surface area contributed by atoms with Crippen LogP contribution in [-0.2, 0) is 18.9 Å². The lowest BCUT2D eigenvalue weighted by Crippen LogP contribution is -2.47. The molecule has 2 aromatic rings. The monoisotopic (exact) mass is 477 g/mol. The molecule has 34 heavy (non-hydrogen) atoms. The van der Waals surface area contributed by atoms with Crippen LogP contribution in [0.25, 0.3) is 0 Å². The standard InChI is InChI=1S/C20H29N5O3.C3H6O3/c1-22-18(15-19(26)23(2)20(22)27)21-9-6-10-24-11-13-25(14-12-24)16-7-4-5-8-17(16)28-3;1-2(4)3(5)6/h4-5,7-8,15,21H,6,9-14H2,1-3H3;2,4H,1H3,(H,5,6). The van der Waals surface area contributed by atoms with Crippen LogP contribution in [0.5, 0.6) is 5.75 Å². The van der Waals surface area contributed by atoms with E-state index in [1.807, 2.05) is 18.2 Å². The van der Waals surface area contributed by atoms with Crippen LogP contribution in [0, 0.1) is 0 Å². The third-order valence-corrected chi connectivity index (χ3v) is 5.64. The van der Waals surface area contributed by atoms with E-state index in [-0.39, 0.29) is 11.2 Å². The van der Waals surface area contributed by atoms with Crippen molar-refractivity contribution in [1.82, 2.24) is 14.0 Å². The molecule has 0 aliphatic carbocycles. The first-order chi connectivity index (χ1) is 16.1. The number of para-hydroxylation sites is 2. The number of carbonyl (C=O) groups is 1. The van der Waals surface area contributed by atoms with Crippen molar-refractivity contribution in [3.63, 3.8) is 0 Å². The van der Waals surface area contributed by atoms with Crippen molar-refractivity contribution >= 4 is 17.5 Å². The number of benzene rings is 1. The van der Waals surface area contributed by atoms with Crippen LogP contribution in [-0.4, -0.2) is 82.7 Å². The highest BCUT2D eigenvalue weighted by Gasteiger charge is 2.19. The maximum Gasteiger partial charge on any atom is 0.332 e. The number of carboxylic acids is 1. The molecule has 1 atom stereocenters. The summed E-state index contributed by atoms with van der Waals surface area (Å²) in [6.07, 6.45) is -0.289. The zero-order chi connectivity index (χ0) is 25.3. The van der Waals surface area contributed by atoms with E-state index in [1.165, 1.54) is 24.6 Å². The van der Waals surface area contributed by atoms with Gasteiger partial charge < -0.3 is 25.2 Å². The summed E-state index contributed by atoms with van der Waals surface area (Å²) in [6, 6.07) is 9.60. The molecule has 1 aliphatic rings. The van der Waals surface area contributed by atoms with Crippen LogP contribution in [0.15, 0.2) is 39.9 Å². The maximum atomic E-state index is 11.9. The Balaban J connectivity index is 0.000000604. The topological polar surface area (TPSA) is 129 Å². The molecule has 188 valence electrons. The summed E-state index contributed by atoms with van der Waals surface area (Å²) in [4.78, 5) is 38.0. The van der Waals surface area contributed by atoms with Gasteiger partial charge in [0, 0.05) is 52.9 Å². The zero-order valence-corrected chi connectivity index (χ0v) is 20.2. The number of aliphatic hydroxyl groups excluding tert-OH is 1. The number of ether oxygens (including phenoxy) is 1. The lowest BCUT2D eigenvalue weighted by molar-refractivity contribution is -0.145. The molecule has 3 N–H and O–H groups in total. The normalized spacial score (nSPS) is 14.7. The van der Waals surface area contributed by atoms with Crippen LogP contribution in [0.2, 0.25) is 0 Å². The number of carboxylic acid groups (broad SMARTS) is 1. The Morgan fingerprint density at radius 3 is 2.32 bits per heavy atom. The second-order valence-corrected chi connectivity index (χ2v) is 8.06. The highest BCUT2D eigenvalue weighted by Crippen LogP contribution is 2.28. The van der Waals surface area contributed by atoms with Crippen LogP contribution >= 0.6 is 0 Å². The van der Waals surface area contributed by atoms with E-state index in [0.29, 0.717) is 12.4 Å². The molecule has 11 heteroatoms. The van der Waals surface area contributed by atoms with Crippen molar-refractivity contribution in [2.24, 2.45) is 14.1 Å². The number of aliphatic hydroxyl groups is 1. The lowest BCUT2D eigenvalue weighted by atomic mass is 10.2. The quantitative estimate of drug-likeness (QED) is 0.456. The van der Waals surface area contributed by atoms with E-state index < -0.39 is 12.1 Å². The third kappa shape index (κ3) is 7.35. The van der Waals surface area contributed by atoms with Gasteiger partial charge in [-0.25, -0.2) is 9.59 Å². The second-order valence-electron chi connectivity index (χ2n) is 8.06. The number of nitrogens with one attached hydrogen (secondary N) is 1. The van der Waals surface area contributed by atoms with Crippen molar-refractivity contribution < 1.29 is 19.7 Å². The van der Waals surface area contributed by atoms with Gasteiger partial charge in [0.1, 0.15) is 17.7 Å². The summed E-state index contributed by atoms with van der Waals surface area (Å²) in [7, 11) is 4.86. The van der Waals surface area contributed by atoms with E-state index in [2.05, 4.69) is 21.2 Å². The predicted octanol–water partition coefficient (Wildman–Crippen LogP) is 0.169. The van der Waals surface area contributed by atoms with Gasteiger partial charge in [-0.3, -0.25) is 18.8 Å². The summed E-state index contributed by atoms with van der Waals surface area (Å²) >= 11 is 0. The Morgan fingerprint density at radius 1 is 1.12 bits per heavy atom. The minimum atomic E-state index is -1.23. The van der Waals surface area contributed by atoms with Gasteiger partial charge in [0.15, 0.2) is 0 Å². The molecule has 0 bridgehead atoms. The number of rotatable bonds is 8. The average molecular weight is 478 g/mol. The van der Waals surface area contributed by atoms with E-state index in [1.54, 1.807) is 14.2 Å². The first-order valence-corrected chi connectivity index (χ1v) is 11.2. The van der Waals surface area contributed by atoms with Gasteiger partial charge in [0.05, 0.1) is 12.8 Å². The number of hydrogen-bond donors (Lipinski definition) is 3. The van der Waals surface area contributed by atoms with Crippen LogP contribution in [0.4, 0.5) is 11.5 Å². The molecule has 0 amide bonds. The highest BCUT2D eigenvalue weighted by atomic mass is 16.5. The summed E-state index contributed by atoms with van der Waals surface area (Å²) in [5, 5.41) is 19.0. The Hall–Kier alpha value is -3.31. The van der Waals surface area contributed by atoms with Crippen molar-refractivity contribution in [2.75, 3.05) is 56.6 Å². The fourth-order valence-corrected chi connectivity index (χ4v) is 3.53. The Morgan fingerprint density at radius 2 is 1.74 bits per heavy atom. The molecule has 1 aliphatic heterocycles. The number of anilines is 2. The molecular weight excluding hydrogens is 442 g/mol. The summed E-state index contributed by atoms with van der Waals surface area (Å²) < 4.78 is 8.04. The van der Waals surface area contributed by atoms with Crippen molar-refractivity contribution in [3.05, 3.63) is 51.2 Å². The van der Waals surface area contributed by atoms with E-state index >= 15 is 0 Å². The predicted molar refractivity (Wildman–Crippen MR) is 131 cm³/mol. The zero-order valence-electron chi connectivity index (χ0n) is 20.2. The Bertz CT molecular complexity index is 1060. The molecule has 1 unspecified atom stereocenters. The van der Waals surface area contributed by atoms with E-state index in [0.717, 1.165) is 55.1 Å². The number of aliphatic carboxylic acids is 1. The first-order valence-electron chi connectivity index (χ1n) is 11.2. The third-order valence-electron chi connectivity index (χ3n) is 5.64. The minimum absolute atomic E-state index is 0.293. The molecule has 3 rings (SSSR count). The Kier molecular flexibility index (Phi) is 10.1. The number of piperazine rings is 1. The SMILES string of the molecule is CC(O)C(=O)O.COc1ccccc1N1CCN(CCCNc2cc(=O)n(C)c(=O)n2C)CC1. The van der Waals surface area contributed by atoms with Crippen molar-refractivity contribution in [1.29, 1.82) is 0 Å². The summed E-state index contributed by atoms with van der Waals surface area (Å²) in [5.41, 5.74) is 0.540. The van der Waals surface area contributed by atoms with Gasteiger partial charge in [-0.1, -0.05) is 12.1 Å². The van der Waals surface area contributed by atoms with Crippen LogP contribution in [0.3, 0.4) is 0 Å². The van der Waals surface area contributed by atoms with Crippen LogP contribution < -0.4 is 26.2 Å². The Labute approximate surface area is 198 Å². The number of methoxy groups -OCH3 is 1. The number of aromatic nitrogens is 2. The molecule has 0 saturated carbocycles. The van der Waals surface area contributed by atoms with Gasteiger partial charge in [0.25, 0.3) is 5.56 Å². The number of nitrogens with zero attached hydrogens (tertiary/aromatic N) is 4. The highest BCUT2D eigenvalue weighted by molar-refractivity contribution is 5.71. The molecule has 1 saturated heterocycles. The van der Waals surface area contributed by atoms with E-state index in [9.17, 15) is 14.4 Å². The van der Waals surface area contributed by atoms with Gasteiger partial charge in [-0.15, -0.1) is 0 Å². The molecule has 0 spiro atoms. The largest absolute Gasteiger partial charge is 0.495 e. The molecule has 0 radical (unpaired) electrons. The van der Waals surface area contributed by atoms with Gasteiger partial charge in [0.2, 0.25) is 0 Å². The summed E-state index contributed by atoms with van der Waals surface area (Å²) in [5.74, 6) is 0.295. The lowest BCUT2D eigenvalue weighted by Gasteiger charge is -2.36. The second kappa shape index (κ2) is 12.8. The van der Waals surface area contributed by atoms with E-state index in [4.69, 9.17) is 14.9 Å². The van der Waals surface area contributed by atoms with Gasteiger partial charge >= 0.3 is 11.7 Å². The molecule has 1 aromatic heterocycles. The molecule has 11 nitrogen and oxygen atoms in total. The number of hydrogen-bond acceptors (Lipinski definition) is 8. The molecule has 1 fully saturated rings.